The molecule has 0 saturated heterocycles. The number of nitriles is 1. The Morgan fingerprint density at radius 2 is 1.95 bits per heavy atom. The molecule has 0 aliphatic carbocycles. The summed E-state index contributed by atoms with van der Waals surface area (Å²) < 4.78 is 0. The Morgan fingerprint density at radius 3 is 2.63 bits per heavy atom. The molecule has 0 radical (unpaired) electrons. The third kappa shape index (κ3) is 3.82. The summed E-state index contributed by atoms with van der Waals surface area (Å²) in [4.78, 5) is 0. The number of hydrogen-bond acceptors (Lipinski definition) is 2. The van der Waals surface area contributed by atoms with Crippen LogP contribution in [0.25, 0.3) is 0 Å². The molecule has 3 heteroatoms. The van der Waals surface area contributed by atoms with Gasteiger partial charge in [0.05, 0.1) is 11.6 Å². The topological polar surface area (TPSA) is 35.8 Å². The highest BCUT2D eigenvalue weighted by molar-refractivity contribution is 6.30. The van der Waals surface area contributed by atoms with Gasteiger partial charge in [-0.15, -0.1) is 0 Å². The fourth-order valence-corrected chi connectivity index (χ4v) is 1.99. The minimum Gasteiger partial charge on any atom is -0.306 e. The van der Waals surface area contributed by atoms with Gasteiger partial charge >= 0.3 is 0 Å². The second kappa shape index (κ2) is 6.38. The van der Waals surface area contributed by atoms with E-state index in [0.29, 0.717) is 5.56 Å². The van der Waals surface area contributed by atoms with Crippen LogP contribution in [-0.2, 0) is 6.54 Å². The van der Waals surface area contributed by atoms with Gasteiger partial charge in [-0.05, 0) is 42.3 Å². The largest absolute Gasteiger partial charge is 0.306 e. The van der Waals surface area contributed by atoms with Crippen molar-refractivity contribution < 1.29 is 0 Å². The number of nitrogens with one attached hydrogen (secondary N) is 1. The predicted molar refractivity (Wildman–Crippen MR) is 77.9 cm³/mol. The molecule has 0 fully saturated rings. The Bertz CT molecular complexity index is 584. The maximum Gasteiger partial charge on any atom is 0.0991 e. The maximum absolute atomic E-state index is 8.89. The van der Waals surface area contributed by atoms with Crippen LogP contribution >= 0.6 is 11.6 Å². The number of nitrogens with zero attached hydrogens (tertiary/aromatic N) is 1. The summed E-state index contributed by atoms with van der Waals surface area (Å²) in [7, 11) is 0. The summed E-state index contributed by atoms with van der Waals surface area (Å²) in [6, 6.07) is 17.8. The van der Waals surface area contributed by atoms with E-state index >= 15 is 0 Å². The van der Waals surface area contributed by atoms with Crippen LogP contribution in [0.3, 0.4) is 0 Å². The van der Waals surface area contributed by atoms with Crippen molar-refractivity contribution in [2.24, 2.45) is 0 Å². The van der Waals surface area contributed by atoms with Crippen molar-refractivity contribution in [3.63, 3.8) is 0 Å². The predicted octanol–water partition coefficient (Wildman–Crippen LogP) is 4.06. The smallest absolute Gasteiger partial charge is 0.0991 e. The van der Waals surface area contributed by atoms with E-state index in [0.717, 1.165) is 17.1 Å². The summed E-state index contributed by atoms with van der Waals surface area (Å²) >= 11 is 5.85. The van der Waals surface area contributed by atoms with Crippen molar-refractivity contribution in [3.8, 4) is 6.07 Å². The van der Waals surface area contributed by atoms with Crippen molar-refractivity contribution in [2.45, 2.75) is 19.5 Å². The molecule has 0 aromatic heterocycles. The Balaban J connectivity index is 1.99. The zero-order chi connectivity index (χ0) is 13.7. The van der Waals surface area contributed by atoms with Crippen molar-refractivity contribution in [2.75, 3.05) is 0 Å². The van der Waals surface area contributed by atoms with E-state index < -0.39 is 0 Å². The average molecular weight is 271 g/mol. The molecule has 19 heavy (non-hydrogen) atoms. The second-order valence-corrected chi connectivity index (χ2v) is 4.90. The van der Waals surface area contributed by atoms with E-state index in [1.165, 1.54) is 5.56 Å². The minimum atomic E-state index is 0.198. The molecule has 0 amide bonds. The molecule has 0 spiro atoms. The maximum atomic E-state index is 8.89. The minimum absolute atomic E-state index is 0.198. The summed E-state index contributed by atoms with van der Waals surface area (Å²) in [5.74, 6) is 0. The van der Waals surface area contributed by atoms with Gasteiger partial charge < -0.3 is 5.32 Å². The standard InChI is InChI=1S/C16H15ClN2/c1-12(15-4-2-3-14(9-15)10-18)19-11-13-5-7-16(17)8-6-13/h2-9,12,19H,11H2,1H3. The summed E-state index contributed by atoms with van der Waals surface area (Å²) in [6.45, 7) is 2.86. The molecule has 0 aliphatic heterocycles. The van der Waals surface area contributed by atoms with Gasteiger partial charge in [0.2, 0.25) is 0 Å². The molecular weight excluding hydrogens is 256 g/mol. The average Bonchev–Trinajstić information content (AvgIpc) is 2.46. The molecule has 1 atom stereocenters. The molecule has 2 rings (SSSR count). The highest BCUT2D eigenvalue weighted by Crippen LogP contribution is 2.15. The third-order valence-corrected chi connectivity index (χ3v) is 3.29. The Kier molecular flexibility index (Phi) is 4.57. The normalized spacial score (nSPS) is 11.8. The molecule has 0 aliphatic rings. The number of halogens is 1. The number of rotatable bonds is 4. The first-order chi connectivity index (χ1) is 9.19. The van der Waals surface area contributed by atoms with E-state index in [-0.39, 0.29) is 6.04 Å². The van der Waals surface area contributed by atoms with Crippen molar-refractivity contribution in [1.29, 1.82) is 5.26 Å². The van der Waals surface area contributed by atoms with Gasteiger partial charge in [-0.25, -0.2) is 0 Å². The molecule has 0 heterocycles. The van der Waals surface area contributed by atoms with Gasteiger partial charge in [0.1, 0.15) is 0 Å². The fourth-order valence-electron chi connectivity index (χ4n) is 1.87. The SMILES string of the molecule is CC(NCc1ccc(Cl)cc1)c1cccc(C#N)c1. The lowest BCUT2D eigenvalue weighted by Crippen LogP contribution is -2.18. The first-order valence-electron chi connectivity index (χ1n) is 6.17. The summed E-state index contributed by atoms with van der Waals surface area (Å²) in [6.07, 6.45) is 0. The van der Waals surface area contributed by atoms with Crippen LogP contribution in [-0.4, -0.2) is 0 Å². The Hall–Kier alpha value is -1.82. The van der Waals surface area contributed by atoms with Gasteiger partial charge in [0.15, 0.2) is 0 Å². The van der Waals surface area contributed by atoms with Crippen LogP contribution in [0.1, 0.15) is 29.7 Å². The lowest BCUT2D eigenvalue weighted by atomic mass is 10.1. The fraction of sp³-hybridized carbons (Fsp3) is 0.188. The quantitative estimate of drug-likeness (QED) is 0.909. The van der Waals surface area contributed by atoms with Crippen LogP contribution in [0.5, 0.6) is 0 Å². The summed E-state index contributed by atoms with van der Waals surface area (Å²) in [5, 5.41) is 13.1. The molecular formula is C16H15ClN2. The molecule has 96 valence electrons. The second-order valence-electron chi connectivity index (χ2n) is 4.47. The molecule has 1 unspecified atom stereocenters. The highest BCUT2D eigenvalue weighted by Gasteiger charge is 2.05. The molecule has 0 saturated carbocycles. The van der Waals surface area contributed by atoms with Gasteiger partial charge in [0.25, 0.3) is 0 Å². The highest BCUT2D eigenvalue weighted by atomic mass is 35.5. The monoisotopic (exact) mass is 270 g/mol. The number of benzene rings is 2. The van der Waals surface area contributed by atoms with Crippen LogP contribution in [0.2, 0.25) is 5.02 Å². The van der Waals surface area contributed by atoms with Crippen LogP contribution in [0.4, 0.5) is 0 Å². The Labute approximate surface area is 118 Å². The van der Waals surface area contributed by atoms with Gasteiger partial charge in [-0.3, -0.25) is 0 Å². The van der Waals surface area contributed by atoms with Crippen LogP contribution < -0.4 is 5.32 Å². The first kappa shape index (κ1) is 13.6. The molecule has 1 N–H and O–H groups in total. The van der Waals surface area contributed by atoms with E-state index in [4.69, 9.17) is 16.9 Å². The molecule has 2 aromatic carbocycles. The Morgan fingerprint density at radius 1 is 1.21 bits per heavy atom. The lowest BCUT2D eigenvalue weighted by molar-refractivity contribution is 0.574. The molecule has 0 bridgehead atoms. The third-order valence-electron chi connectivity index (χ3n) is 3.04. The van der Waals surface area contributed by atoms with Crippen LogP contribution in [0, 0.1) is 11.3 Å². The zero-order valence-electron chi connectivity index (χ0n) is 10.7. The lowest BCUT2D eigenvalue weighted by Gasteiger charge is -2.14. The van der Waals surface area contributed by atoms with Crippen molar-refractivity contribution >= 4 is 11.6 Å². The molecule has 2 nitrogen and oxygen atoms in total. The van der Waals surface area contributed by atoms with Crippen LogP contribution in [0.15, 0.2) is 48.5 Å². The van der Waals surface area contributed by atoms with E-state index in [1.807, 2.05) is 48.5 Å². The van der Waals surface area contributed by atoms with Gasteiger partial charge in [-0.1, -0.05) is 35.9 Å². The zero-order valence-corrected chi connectivity index (χ0v) is 11.5. The molecule has 2 aromatic rings. The van der Waals surface area contributed by atoms with E-state index in [2.05, 4.69) is 18.3 Å². The van der Waals surface area contributed by atoms with Gasteiger partial charge in [0, 0.05) is 17.6 Å². The van der Waals surface area contributed by atoms with E-state index in [1.54, 1.807) is 0 Å². The van der Waals surface area contributed by atoms with Crippen molar-refractivity contribution in [3.05, 3.63) is 70.2 Å². The summed E-state index contributed by atoms with van der Waals surface area (Å²) in [5.41, 5.74) is 3.00. The van der Waals surface area contributed by atoms with Crippen molar-refractivity contribution in [1.82, 2.24) is 5.32 Å². The first-order valence-corrected chi connectivity index (χ1v) is 6.55. The number of hydrogen-bond donors (Lipinski definition) is 1. The van der Waals surface area contributed by atoms with Gasteiger partial charge in [-0.2, -0.15) is 5.26 Å². The van der Waals surface area contributed by atoms with E-state index in [9.17, 15) is 0 Å².